The summed E-state index contributed by atoms with van der Waals surface area (Å²) in [6.07, 6.45) is 0.461. The van der Waals surface area contributed by atoms with Gasteiger partial charge in [0.2, 0.25) is 4.38 Å². The summed E-state index contributed by atoms with van der Waals surface area (Å²) in [5.41, 5.74) is -0.501. The first-order chi connectivity index (χ1) is 19.2. The van der Waals surface area contributed by atoms with Crippen LogP contribution in [0.25, 0.3) is 16.9 Å². The van der Waals surface area contributed by atoms with Gasteiger partial charge in [0, 0.05) is 39.3 Å². The van der Waals surface area contributed by atoms with E-state index in [-0.39, 0.29) is 35.2 Å². The van der Waals surface area contributed by atoms with Crippen LogP contribution < -0.4 is 11.2 Å². The van der Waals surface area contributed by atoms with Gasteiger partial charge >= 0.3 is 17.9 Å². The van der Waals surface area contributed by atoms with Gasteiger partial charge in [0.05, 0.1) is 11.7 Å². The molecule has 3 heterocycles. The zero-order valence-corrected chi connectivity index (χ0v) is 25.2. The van der Waals surface area contributed by atoms with Gasteiger partial charge in [-0.15, -0.1) is 0 Å². The van der Waals surface area contributed by atoms with E-state index in [0.717, 1.165) is 4.57 Å². The highest BCUT2D eigenvalue weighted by Crippen LogP contribution is 2.35. The summed E-state index contributed by atoms with van der Waals surface area (Å²) >= 11 is 6.62. The number of piperazine rings is 1. The van der Waals surface area contributed by atoms with E-state index in [4.69, 9.17) is 21.7 Å². The number of hydrogen-bond donors (Lipinski definition) is 1. The molecule has 15 heteroatoms. The topological polar surface area (TPSA) is 141 Å². The Morgan fingerprint density at radius 3 is 2.46 bits per heavy atom. The van der Waals surface area contributed by atoms with Crippen LogP contribution in [0.2, 0.25) is 0 Å². The molecule has 13 nitrogen and oxygen atoms in total. The number of imidazole rings is 1. The molecular weight excluding hydrogens is 572 g/mol. The van der Waals surface area contributed by atoms with Crippen LogP contribution in [-0.4, -0.2) is 87.7 Å². The number of thioether (sulfide) groups is 1. The smallest absolute Gasteiger partial charge is 0.410 e. The first-order valence-electron chi connectivity index (χ1n) is 12.7. The van der Waals surface area contributed by atoms with Crippen molar-refractivity contribution in [2.24, 2.45) is 14.1 Å². The second kappa shape index (κ2) is 11.6. The number of benzene rings is 1. The van der Waals surface area contributed by atoms with Crippen molar-refractivity contribution < 1.29 is 24.2 Å². The summed E-state index contributed by atoms with van der Waals surface area (Å²) in [5.74, 6) is 0. The molecule has 0 saturated carbocycles. The highest BCUT2D eigenvalue weighted by molar-refractivity contribution is 8.22. The second-order valence-electron chi connectivity index (χ2n) is 10.5. The molecule has 0 radical (unpaired) electrons. The molecule has 1 N–H and O–H groups in total. The quantitative estimate of drug-likeness (QED) is 0.442. The molecule has 2 unspecified atom stereocenters. The molecule has 1 aliphatic heterocycles. The molecule has 2 amide bonds. The predicted molar refractivity (Wildman–Crippen MR) is 158 cm³/mol. The summed E-state index contributed by atoms with van der Waals surface area (Å²) < 4.78 is 15.9. The molecule has 2 atom stereocenters. The van der Waals surface area contributed by atoms with Crippen molar-refractivity contribution in [3.63, 3.8) is 0 Å². The molecule has 220 valence electrons. The minimum atomic E-state index is -1.14. The average molecular weight is 605 g/mol. The number of aromatic nitrogens is 4. The molecule has 1 saturated heterocycles. The van der Waals surface area contributed by atoms with Gasteiger partial charge in [-0.3, -0.25) is 23.4 Å². The van der Waals surface area contributed by atoms with E-state index in [1.807, 2.05) is 0 Å². The maximum absolute atomic E-state index is 13.4. The number of fused-ring (bicyclic) bond motifs is 1. The largest absolute Gasteiger partial charge is 0.468 e. The lowest BCUT2D eigenvalue weighted by atomic mass is 9.96. The lowest BCUT2D eigenvalue weighted by Gasteiger charge is -2.44. The zero-order chi connectivity index (χ0) is 30.2. The first kappa shape index (κ1) is 30.1. The second-order valence-corrected chi connectivity index (χ2v) is 11.9. The van der Waals surface area contributed by atoms with Crippen molar-refractivity contribution >= 4 is 51.7 Å². The van der Waals surface area contributed by atoms with E-state index >= 15 is 0 Å². The lowest BCUT2D eigenvalue weighted by Crippen LogP contribution is -2.59. The van der Waals surface area contributed by atoms with E-state index < -0.39 is 41.2 Å². The number of para-hydroxylation sites is 1. The Bertz CT molecular complexity index is 1620. The fourth-order valence-corrected chi connectivity index (χ4v) is 5.07. The van der Waals surface area contributed by atoms with E-state index in [1.165, 1.54) is 46.6 Å². The lowest BCUT2D eigenvalue weighted by molar-refractivity contribution is -0.0255. The predicted octanol–water partition coefficient (Wildman–Crippen LogP) is 2.73. The maximum atomic E-state index is 13.4. The fourth-order valence-electron chi connectivity index (χ4n) is 4.77. The number of rotatable bonds is 4. The van der Waals surface area contributed by atoms with Gasteiger partial charge < -0.3 is 19.5 Å². The molecule has 2 aromatic heterocycles. The zero-order valence-electron chi connectivity index (χ0n) is 23.6. The third kappa shape index (κ3) is 5.95. The maximum Gasteiger partial charge on any atom is 0.410 e. The number of thiocarbonyl (C=S) groups is 1. The monoisotopic (exact) mass is 604 g/mol. The third-order valence-electron chi connectivity index (χ3n) is 6.71. The summed E-state index contributed by atoms with van der Waals surface area (Å²) in [7, 11) is 2.91. The Hall–Kier alpha value is -3.85. The molecule has 1 fully saturated rings. The standard InChI is InChI=1S/C26H32N6O7S2/c1-26(2,3)39-24(37)31-12-11-30(23(35)36)13-17(31)19(38-25(40)41-6)15-9-7-8-10-16(15)32-14-27-20-18(32)21(33)29(5)22(34)28(20)4/h7-10,14,17,19H,11-13H2,1-6H3,(H,35,36). The van der Waals surface area contributed by atoms with Crippen LogP contribution in [-0.2, 0) is 23.6 Å². The molecule has 0 spiro atoms. The van der Waals surface area contributed by atoms with Crippen molar-refractivity contribution in [1.82, 2.24) is 28.5 Å². The summed E-state index contributed by atoms with van der Waals surface area (Å²) in [6, 6.07) is 6.18. The van der Waals surface area contributed by atoms with Crippen molar-refractivity contribution in [2.45, 2.75) is 38.5 Å². The van der Waals surface area contributed by atoms with Crippen LogP contribution in [0.4, 0.5) is 9.59 Å². The number of hydrogen-bond acceptors (Lipinski definition) is 9. The van der Waals surface area contributed by atoms with Gasteiger partial charge in [-0.25, -0.2) is 19.4 Å². The van der Waals surface area contributed by atoms with Crippen LogP contribution >= 0.6 is 24.0 Å². The van der Waals surface area contributed by atoms with Crippen LogP contribution in [0, 0.1) is 0 Å². The highest BCUT2D eigenvalue weighted by Gasteiger charge is 2.42. The summed E-state index contributed by atoms with van der Waals surface area (Å²) in [6.45, 7) is 5.32. The van der Waals surface area contributed by atoms with Crippen molar-refractivity contribution in [3.05, 3.63) is 57.0 Å². The SMILES string of the molecule is CSC(=S)OC(c1ccccc1-n1cnc2c1c(=O)n(C)c(=O)n2C)C1CN(C(=O)O)CCN1C(=O)OC(C)(C)C. The Morgan fingerprint density at radius 1 is 1.15 bits per heavy atom. The molecular formula is C26H32N6O7S2. The van der Waals surface area contributed by atoms with Crippen LogP contribution in [0.1, 0.15) is 32.4 Å². The molecule has 1 aromatic carbocycles. The van der Waals surface area contributed by atoms with E-state index in [9.17, 15) is 24.3 Å². The van der Waals surface area contributed by atoms with Crippen molar-refractivity contribution in [1.29, 1.82) is 0 Å². The molecule has 0 bridgehead atoms. The summed E-state index contributed by atoms with van der Waals surface area (Å²) in [5, 5.41) is 9.82. The minimum absolute atomic E-state index is 0.0661. The highest BCUT2D eigenvalue weighted by atomic mass is 32.2. The number of carbonyl (C=O) groups excluding carboxylic acids is 1. The average Bonchev–Trinajstić information content (AvgIpc) is 3.37. The van der Waals surface area contributed by atoms with Gasteiger partial charge in [0.25, 0.3) is 5.56 Å². The van der Waals surface area contributed by atoms with Gasteiger partial charge in [-0.2, -0.15) is 0 Å². The summed E-state index contributed by atoms with van der Waals surface area (Å²) in [4.78, 5) is 58.2. The first-order valence-corrected chi connectivity index (χ1v) is 14.3. The molecule has 3 aromatic rings. The van der Waals surface area contributed by atoms with Gasteiger partial charge in [0.1, 0.15) is 18.0 Å². The van der Waals surface area contributed by atoms with Gasteiger partial charge in [-0.05, 0) is 45.3 Å². The molecule has 1 aliphatic rings. The van der Waals surface area contributed by atoms with Gasteiger partial charge in [-0.1, -0.05) is 30.0 Å². The van der Waals surface area contributed by atoms with Crippen LogP contribution in [0.3, 0.4) is 0 Å². The van der Waals surface area contributed by atoms with Crippen LogP contribution in [0.15, 0.2) is 40.2 Å². The number of amides is 2. The van der Waals surface area contributed by atoms with Crippen LogP contribution in [0.5, 0.6) is 0 Å². The Balaban J connectivity index is 1.93. The Kier molecular flexibility index (Phi) is 8.49. The Labute approximate surface area is 245 Å². The third-order valence-corrected chi connectivity index (χ3v) is 7.73. The van der Waals surface area contributed by atoms with Crippen molar-refractivity contribution in [3.8, 4) is 5.69 Å². The molecule has 0 aliphatic carbocycles. The number of carboxylic acid groups (broad SMARTS) is 1. The molecule has 41 heavy (non-hydrogen) atoms. The minimum Gasteiger partial charge on any atom is -0.468 e. The normalized spacial score (nSPS) is 16.5. The number of ether oxygens (including phenoxy) is 2. The van der Waals surface area contributed by atoms with E-state index in [0.29, 0.717) is 11.3 Å². The van der Waals surface area contributed by atoms with E-state index in [1.54, 1.807) is 55.9 Å². The number of carbonyl (C=O) groups is 2. The van der Waals surface area contributed by atoms with Gasteiger partial charge in [0.15, 0.2) is 11.2 Å². The molecule has 4 rings (SSSR count). The number of nitrogens with zero attached hydrogens (tertiary/aromatic N) is 6. The number of aryl methyl sites for hydroxylation is 1. The Morgan fingerprint density at radius 2 is 1.83 bits per heavy atom. The van der Waals surface area contributed by atoms with E-state index in [2.05, 4.69) is 4.98 Å². The fraction of sp³-hybridized carbons (Fsp3) is 0.462. The van der Waals surface area contributed by atoms with Crippen molar-refractivity contribution in [2.75, 3.05) is 25.9 Å².